The summed E-state index contributed by atoms with van der Waals surface area (Å²) < 4.78 is 97.1. The molecule has 0 heterocycles. The van der Waals surface area contributed by atoms with E-state index >= 15 is 0 Å². The van der Waals surface area contributed by atoms with Gasteiger partial charge >= 0.3 is 18.3 Å². The maximum atomic E-state index is 13.4. The Hall–Kier alpha value is -4.19. The highest BCUT2D eigenvalue weighted by Gasteiger charge is 2.38. The van der Waals surface area contributed by atoms with Gasteiger partial charge in [0.05, 0.1) is 16.9 Å². The summed E-state index contributed by atoms with van der Waals surface area (Å²) >= 11 is 0. The first-order valence-corrected chi connectivity index (χ1v) is 16.0. The molecule has 18 heteroatoms. The number of guanidine groups is 1. The van der Waals surface area contributed by atoms with Crippen LogP contribution in [0.2, 0.25) is 0 Å². The van der Waals surface area contributed by atoms with E-state index in [1.165, 1.54) is 38.4 Å². The molecule has 48 heavy (non-hydrogen) atoms. The van der Waals surface area contributed by atoms with Gasteiger partial charge in [0.1, 0.15) is 6.04 Å². The molecule has 2 aromatic rings. The fourth-order valence-electron chi connectivity index (χ4n) is 4.71. The zero-order valence-electron chi connectivity index (χ0n) is 26.3. The third-order valence-electron chi connectivity index (χ3n) is 7.25. The molecule has 1 atom stereocenters. The second kappa shape index (κ2) is 16.8. The number of nitrogens with one attached hydrogen (secondary N) is 2. The van der Waals surface area contributed by atoms with Crippen LogP contribution in [-0.2, 0) is 37.0 Å². The number of aryl methyl sites for hydroxylation is 1. The van der Waals surface area contributed by atoms with Gasteiger partial charge in [0, 0.05) is 19.8 Å². The van der Waals surface area contributed by atoms with E-state index in [4.69, 9.17) is 15.6 Å². The van der Waals surface area contributed by atoms with Crippen LogP contribution in [0.1, 0.15) is 55.2 Å². The molecule has 1 saturated carbocycles. The number of amides is 2. The molecule has 2 aromatic carbocycles. The van der Waals surface area contributed by atoms with Crippen LogP contribution in [0.15, 0.2) is 52.4 Å². The Labute approximate surface area is 273 Å². The van der Waals surface area contributed by atoms with Crippen LogP contribution < -0.4 is 16.4 Å². The number of hydrogen-bond donors (Lipinski definition) is 4. The van der Waals surface area contributed by atoms with Gasteiger partial charge in [-0.2, -0.15) is 26.3 Å². The van der Waals surface area contributed by atoms with Gasteiger partial charge in [0.2, 0.25) is 21.8 Å². The van der Waals surface area contributed by atoms with Gasteiger partial charge in [0.15, 0.2) is 5.96 Å². The molecule has 0 unspecified atom stereocenters. The highest BCUT2D eigenvalue weighted by atomic mass is 32.2. The largest absolute Gasteiger partial charge is 0.490 e. The Morgan fingerprint density at radius 3 is 2.17 bits per heavy atom. The number of anilines is 1. The summed E-state index contributed by atoms with van der Waals surface area (Å²) in [6.07, 6.45) is -4.65. The van der Waals surface area contributed by atoms with Crippen LogP contribution in [0.3, 0.4) is 0 Å². The van der Waals surface area contributed by atoms with Gasteiger partial charge in [-0.15, -0.1) is 0 Å². The molecule has 1 fully saturated rings. The molecule has 11 nitrogen and oxygen atoms in total. The summed E-state index contributed by atoms with van der Waals surface area (Å²) in [5.74, 6) is -4.09. The molecule has 0 aromatic heterocycles. The SMILES string of the molecule is Cc1ccc(S(=O)(=O)N(C)C)cc1NC(=O)[C@@H](CC1CCCCC1)N=C(N)NC(=O)Cc1cccc(C(F)(F)F)c1.O=C(O)C(F)(F)F. The summed E-state index contributed by atoms with van der Waals surface area (Å²) in [5, 5.41) is 12.3. The summed E-state index contributed by atoms with van der Waals surface area (Å²) in [7, 11) is -0.921. The Morgan fingerprint density at radius 1 is 1.02 bits per heavy atom. The first-order chi connectivity index (χ1) is 22.1. The smallest absolute Gasteiger partial charge is 0.475 e. The van der Waals surface area contributed by atoms with E-state index in [1.807, 2.05) is 0 Å². The minimum atomic E-state index is -5.08. The van der Waals surface area contributed by atoms with Crippen molar-refractivity contribution in [3.05, 3.63) is 59.2 Å². The van der Waals surface area contributed by atoms with Crippen LogP contribution in [0.5, 0.6) is 0 Å². The monoisotopic (exact) mass is 709 g/mol. The molecule has 0 bridgehead atoms. The van der Waals surface area contributed by atoms with E-state index in [1.54, 1.807) is 13.0 Å². The van der Waals surface area contributed by atoms with E-state index in [0.717, 1.165) is 48.5 Å². The maximum absolute atomic E-state index is 13.4. The number of carboxylic acids is 1. The molecule has 0 aliphatic heterocycles. The Morgan fingerprint density at radius 2 is 1.62 bits per heavy atom. The normalized spacial score (nSPS) is 15.2. The third kappa shape index (κ3) is 12.4. The number of aliphatic imine (C=N–C) groups is 1. The number of benzene rings is 2. The average Bonchev–Trinajstić information content (AvgIpc) is 2.97. The first-order valence-electron chi connectivity index (χ1n) is 14.5. The lowest BCUT2D eigenvalue weighted by atomic mass is 9.84. The molecule has 1 aliphatic rings. The van der Waals surface area contributed by atoms with Crippen molar-refractivity contribution in [2.24, 2.45) is 16.6 Å². The standard InChI is InChI=1S/C28H36F3N5O4S.C2HF3O2/c1-18-12-13-22(41(39,40)36(2)3)17-23(18)33-26(38)24(15-19-8-5-4-6-9-19)34-27(32)35-25(37)16-20-10-7-11-21(14-20)28(29,30)31;3-2(4,5)1(6)7/h7,10-14,17,19,24H,4-6,8-9,15-16H2,1-3H3,(H,33,38)(H3,32,34,35,37);(H,6,7)/t24-;/m1./s1. The van der Waals surface area contributed by atoms with Gasteiger partial charge in [-0.1, -0.05) is 56.4 Å². The molecule has 5 N–H and O–H groups in total. The molecular formula is C30H37F6N5O6S. The number of alkyl halides is 6. The number of rotatable bonds is 9. The quantitative estimate of drug-likeness (QED) is 0.164. The van der Waals surface area contributed by atoms with E-state index in [2.05, 4.69) is 15.6 Å². The number of sulfonamides is 1. The highest BCUT2D eigenvalue weighted by molar-refractivity contribution is 7.89. The second-order valence-corrected chi connectivity index (χ2v) is 13.4. The van der Waals surface area contributed by atoms with E-state index in [0.29, 0.717) is 17.7 Å². The molecular weight excluding hydrogens is 672 g/mol. The number of aliphatic carboxylic acids is 1. The number of carbonyl (C=O) groups excluding carboxylic acids is 2. The van der Waals surface area contributed by atoms with Crippen molar-refractivity contribution < 1.29 is 54.3 Å². The van der Waals surface area contributed by atoms with Crippen molar-refractivity contribution in [3.8, 4) is 0 Å². The first kappa shape index (κ1) is 40.0. The van der Waals surface area contributed by atoms with Crippen molar-refractivity contribution in [3.63, 3.8) is 0 Å². The second-order valence-electron chi connectivity index (χ2n) is 11.2. The summed E-state index contributed by atoms with van der Waals surface area (Å²) in [6.45, 7) is 1.73. The van der Waals surface area contributed by atoms with Gasteiger partial charge in [-0.3, -0.25) is 14.9 Å². The zero-order valence-corrected chi connectivity index (χ0v) is 27.1. The lowest BCUT2D eigenvalue weighted by Crippen LogP contribution is -2.40. The van der Waals surface area contributed by atoms with Crippen molar-refractivity contribution in [2.45, 2.75) is 75.2 Å². The zero-order chi connectivity index (χ0) is 36.4. The lowest BCUT2D eigenvalue weighted by molar-refractivity contribution is -0.192. The topological polar surface area (TPSA) is 171 Å². The fraction of sp³-hybridized carbons (Fsp3) is 0.467. The van der Waals surface area contributed by atoms with Crippen LogP contribution in [-0.4, -0.2) is 67.9 Å². The third-order valence-corrected chi connectivity index (χ3v) is 9.06. The van der Waals surface area contributed by atoms with Crippen LogP contribution >= 0.6 is 0 Å². The van der Waals surface area contributed by atoms with Gasteiger partial charge < -0.3 is 16.2 Å². The maximum Gasteiger partial charge on any atom is 0.490 e. The summed E-state index contributed by atoms with van der Waals surface area (Å²) in [5.41, 5.74) is 6.19. The number of carboxylic acid groups (broad SMARTS) is 1. The number of halogens is 6. The van der Waals surface area contributed by atoms with Crippen molar-refractivity contribution in [1.82, 2.24) is 9.62 Å². The van der Waals surface area contributed by atoms with Crippen molar-refractivity contribution >= 4 is 39.5 Å². The molecule has 1 aliphatic carbocycles. The molecule has 0 spiro atoms. The van der Waals surface area contributed by atoms with Gasteiger partial charge in [-0.05, 0) is 48.6 Å². The van der Waals surface area contributed by atoms with Crippen molar-refractivity contribution in [1.29, 1.82) is 0 Å². The number of nitrogens with zero attached hydrogens (tertiary/aromatic N) is 2. The average molecular weight is 710 g/mol. The van der Waals surface area contributed by atoms with Gasteiger partial charge in [-0.25, -0.2) is 22.5 Å². The highest BCUT2D eigenvalue weighted by Crippen LogP contribution is 2.30. The summed E-state index contributed by atoms with van der Waals surface area (Å²) in [6, 6.07) is 7.86. The summed E-state index contributed by atoms with van der Waals surface area (Å²) in [4.78, 5) is 39.1. The molecule has 2 amide bonds. The molecule has 0 radical (unpaired) electrons. The number of carbonyl (C=O) groups is 3. The Kier molecular flexibility index (Phi) is 14.0. The van der Waals surface area contributed by atoms with Crippen LogP contribution in [0.25, 0.3) is 0 Å². The predicted octanol–water partition coefficient (Wildman–Crippen LogP) is 4.85. The van der Waals surface area contributed by atoms with E-state index in [-0.39, 0.29) is 28.8 Å². The van der Waals surface area contributed by atoms with Crippen LogP contribution in [0, 0.1) is 12.8 Å². The lowest BCUT2D eigenvalue weighted by Gasteiger charge is -2.25. The number of nitrogens with two attached hydrogens (primary N) is 1. The van der Waals surface area contributed by atoms with Gasteiger partial charge in [0.25, 0.3) is 0 Å². The van der Waals surface area contributed by atoms with E-state index < -0.39 is 51.8 Å². The molecule has 3 rings (SSSR count). The minimum Gasteiger partial charge on any atom is -0.475 e. The predicted molar refractivity (Wildman–Crippen MR) is 164 cm³/mol. The number of hydrogen-bond acceptors (Lipinski definition) is 6. The Bertz CT molecular complexity index is 1590. The molecule has 0 saturated heterocycles. The van der Waals surface area contributed by atoms with Crippen LogP contribution in [0.4, 0.5) is 32.0 Å². The molecule has 266 valence electrons. The fourth-order valence-corrected chi connectivity index (χ4v) is 5.64. The van der Waals surface area contributed by atoms with Crippen molar-refractivity contribution in [2.75, 3.05) is 19.4 Å². The van der Waals surface area contributed by atoms with E-state index in [9.17, 15) is 44.3 Å². The minimum absolute atomic E-state index is 0.0112. The Balaban J connectivity index is 0.00000103.